The van der Waals surface area contributed by atoms with Crippen molar-refractivity contribution < 1.29 is 14.3 Å². The van der Waals surface area contributed by atoms with Crippen molar-refractivity contribution in [2.75, 3.05) is 11.9 Å². The predicted octanol–water partition coefficient (Wildman–Crippen LogP) is 1.41. The standard InChI is InChI=1S/C8H7ClFNO2/c9-6-2-1-5(3-7(6)10)11-8(13)4-12/h1-3,12H,4H2,(H,11,13). The summed E-state index contributed by atoms with van der Waals surface area (Å²) in [6, 6.07) is 3.85. The fourth-order valence-electron chi connectivity index (χ4n) is 0.774. The van der Waals surface area contributed by atoms with Gasteiger partial charge in [0, 0.05) is 5.69 Å². The molecule has 0 saturated heterocycles. The number of aliphatic hydroxyl groups is 1. The van der Waals surface area contributed by atoms with Crippen LogP contribution in [0.25, 0.3) is 0 Å². The molecule has 0 aliphatic rings. The van der Waals surface area contributed by atoms with Crippen LogP contribution in [0, 0.1) is 5.82 Å². The lowest BCUT2D eigenvalue weighted by Crippen LogP contribution is -2.15. The van der Waals surface area contributed by atoms with Crippen molar-refractivity contribution in [3.8, 4) is 0 Å². The van der Waals surface area contributed by atoms with Gasteiger partial charge in [0.05, 0.1) is 5.02 Å². The molecule has 0 heterocycles. The molecule has 0 bridgehead atoms. The van der Waals surface area contributed by atoms with Crippen molar-refractivity contribution in [3.63, 3.8) is 0 Å². The van der Waals surface area contributed by atoms with E-state index in [4.69, 9.17) is 16.7 Å². The van der Waals surface area contributed by atoms with E-state index in [1.54, 1.807) is 0 Å². The van der Waals surface area contributed by atoms with Crippen LogP contribution in [0.4, 0.5) is 10.1 Å². The van der Waals surface area contributed by atoms with E-state index in [-0.39, 0.29) is 10.7 Å². The fourth-order valence-corrected chi connectivity index (χ4v) is 0.892. The molecule has 0 atom stereocenters. The Balaban J connectivity index is 2.79. The number of hydrogen-bond donors (Lipinski definition) is 2. The normalized spacial score (nSPS) is 9.77. The maximum Gasteiger partial charge on any atom is 0.250 e. The number of aliphatic hydroxyl groups excluding tert-OH is 1. The summed E-state index contributed by atoms with van der Waals surface area (Å²) in [5.41, 5.74) is 0.265. The number of anilines is 1. The number of rotatable bonds is 2. The van der Waals surface area contributed by atoms with Gasteiger partial charge < -0.3 is 10.4 Å². The Morgan fingerprint density at radius 1 is 1.62 bits per heavy atom. The van der Waals surface area contributed by atoms with Crippen molar-refractivity contribution in [2.45, 2.75) is 0 Å². The minimum absolute atomic E-state index is 0.0120. The molecule has 1 aromatic rings. The molecule has 0 aromatic heterocycles. The molecule has 0 aliphatic heterocycles. The van der Waals surface area contributed by atoms with Crippen LogP contribution in [0.2, 0.25) is 5.02 Å². The van der Waals surface area contributed by atoms with E-state index in [0.717, 1.165) is 6.07 Å². The van der Waals surface area contributed by atoms with Gasteiger partial charge in [0.25, 0.3) is 0 Å². The molecule has 2 N–H and O–H groups in total. The average molecular weight is 204 g/mol. The minimum Gasteiger partial charge on any atom is -0.387 e. The van der Waals surface area contributed by atoms with Gasteiger partial charge >= 0.3 is 0 Å². The molecule has 1 amide bonds. The van der Waals surface area contributed by atoms with Gasteiger partial charge in [-0.15, -0.1) is 0 Å². The highest BCUT2D eigenvalue weighted by atomic mass is 35.5. The summed E-state index contributed by atoms with van der Waals surface area (Å²) >= 11 is 5.41. The smallest absolute Gasteiger partial charge is 0.250 e. The zero-order chi connectivity index (χ0) is 9.84. The van der Waals surface area contributed by atoms with Crippen LogP contribution in [-0.4, -0.2) is 17.6 Å². The van der Waals surface area contributed by atoms with Crippen molar-refractivity contribution in [1.82, 2.24) is 0 Å². The molecule has 13 heavy (non-hydrogen) atoms. The number of benzene rings is 1. The van der Waals surface area contributed by atoms with Crippen LogP contribution in [0.3, 0.4) is 0 Å². The Morgan fingerprint density at radius 3 is 2.85 bits per heavy atom. The Labute approximate surface area is 79.1 Å². The van der Waals surface area contributed by atoms with Gasteiger partial charge in [-0.25, -0.2) is 4.39 Å². The first-order valence-corrected chi connectivity index (χ1v) is 3.87. The average Bonchev–Trinajstić information content (AvgIpc) is 2.11. The summed E-state index contributed by atoms with van der Waals surface area (Å²) in [6.45, 7) is -0.635. The number of halogens is 2. The number of hydrogen-bond acceptors (Lipinski definition) is 2. The summed E-state index contributed by atoms with van der Waals surface area (Å²) in [5.74, 6) is -1.21. The number of carbonyl (C=O) groups excluding carboxylic acids is 1. The molecule has 5 heteroatoms. The molecule has 3 nitrogen and oxygen atoms in total. The maximum atomic E-state index is 12.8. The first-order valence-electron chi connectivity index (χ1n) is 3.49. The first-order chi connectivity index (χ1) is 6.13. The van der Waals surface area contributed by atoms with Crippen LogP contribution >= 0.6 is 11.6 Å². The summed E-state index contributed by atoms with van der Waals surface area (Å²) in [4.78, 5) is 10.7. The van der Waals surface area contributed by atoms with Gasteiger partial charge in [-0.05, 0) is 18.2 Å². The van der Waals surface area contributed by atoms with Crippen molar-refractivity contribution in [1.29, 1.82) is 0 Å². The van der Waals surface area contributed by atoms with Gasteiger partial charge in [0.2, 0.25) is 5.91 Å². The Morgan fingerprint density at radius 2 is 2.31 bits per heavy atom. The van der Waals surface area contributed by atoms with E-state index >= 15 is 0 Å². The lowest BCUT2D eigenvalue weighted by Gasteiger charge is -2.03. The molecule has 0 radical (unpaired) electrons. The molecule has 1 aromatic carbocycles. The molecular formula is C8H7ClFNO2. The molecule has 0 unspecified atom stereocenters. The fraction of sp³-hybridized carbons (Fsp3) is 0.125. The van der Waals surface area contributed by atoms with Crippen LogP contribution in [0.1, 0.15) is 0 Å². The Kier molecular flexibility index (Phi) is 3.22. The van der Waals surface area contributed by atoms with Gasteiger partial charge in [0.1, 0.15) is 12.4 Å². The van der Waals surface area contributed by atoms with E-state index in [0.29, 0.717) is 0 Å². The van der Waals surface area contributed by atoms with Gasteiger partial charge in [0.15, 0.2) is 0 Å². The van der Waals surface area contributed by atoms with Crippen LogP contribution < -0.4 is 5.32 Å². The lowest BCUT2D eigenvalue weighted by atomic mass is 10.3. The lowest BCUT2D eigenvalue weighted by molar-refractivity contribution is -0.118. The molecule has 70 valence electrons. The third-order valence-electron chi connectivity index (χ3n) is 1.35. The van der Waals surface area contributed by atoms with Gasteiger partial charge in [-0.2, -0.15) is 0 Å². The van der Waals surface area contributed by atoms with E-state index < -0.39 is 18.3 Å². The number of amides is 1. The van der Waals surface area contributed by atoms with Crippen LogP contribution in [-0.2, 0) is 4.79 Å². The van der Waals surface area contributed by atoms with Crippen molar-refractivity contribution in [3.05, 3.63) is 29.0 Å². The second kappa shape index (κ2) is 4.20. The topological polar surface area (TPSA) is 49.3 Å². The van der Waals surface area contributed by atoms with E-state index in [1.807, 2.05) is 0 Å². The molecule has 0 fully saturated rings. The highest BCUT2D eigenvalue weighted by molar-refractivity contribution is 6.30. The second-order valence-corrected chi connectivity index (χ2v) is 2.74. The summed E-state index contributed by atoms with van der Waals surface area (Å²) in [7, 11) is 0. The van der Waals surface area contributed by atoms with Crippen LogP contribution in [0.5, 0.6) is 0 Å². The SMILES string of the molecule is O=C(CO)Nc1ccc(Cl)c(F)c1. The van der Waals surface area contributed by atoms with E-state index in [9.17, 15) is 9.18 Å². The molecule has 0 saturated carbocycles. The third-order valence-corrected chi connectivity index (χ3v) is 1.65. The van der Waals surface area contributed by atoms with E-state index in [2.05, 4.69) is 5.32 Å². The predicted molar refractivity (Wildman–Crippen MR) is 47.1 cm³/mol. The molecule has 1 rings (SSSR count). The van der Waals surface area contributed by atoms with Gasteiger partial charge in [-0.3, -0.25) is 4.79 Å². The molecule has 0 aliphatic carbocycles. The minimum atomic E-state index is -0.635. The summed E-state index contributed by atoms with van der Waals surface area (Å²) < 4.78 is 12.8. The number of nitrogens with one attached hydrogen (secondary N) is 1. The van der Waals surface area contributed by atoms with E-state index in [1.165, 1.54) is 12.1 Å². The van der Waals surface area contributed by atoms with Gasteiger partial charge in [-0.1, -0.05) is 11.6 Å². The highest BCUT2D eigenvalue weighted by Gasteiger charge is 2.03. The van der Waals surface area contributed by atoms with Crippen LogP contribution in [0.15, 0.2) is 18.2 Å². The zero-order valence-electron chi connectivity index (χ0n) is 6.55. The Bertz CT molecular complexity index is 330. The second-order valence-electron chi connectivity index (χ2n) is 2.34. The van der Waals surface area contributed by atoms with Crippen molar-refractivity contribution >= 4 is 23.2 Å². The Hall–Kier alpha value is -1.13. The largest absolute Gasteiger partial charge is 0.387 e. The monoisotopic (exact) mass is 203 g/mol. The first kappa shape index (κ1) is 9.95. The zero-order valence-corrected chi connectivity index (χ0v) is 7.31. The highest BCUT2D eigenvalue weighted by Crippen LogP contribution is 2.18. The molecular weight excluding hydrogens is 197 g/mol. The third kappa shape index (κ3) is 2.68. The summed E-state index contributed by atoms with van der Waals surface area (Å²) in [5, 5.41) is 10.6. The van der Waals surface area contributed by atoms with Crippen molar-refractivity contribution in [2.24, 2.45) is 0 Å². The number of carbonyl (C=O) groups is 1. The maximum absolute atomic E-state index is 12.8. The molecule has 0 spiro atoms. The summed E-state index contributed by atoms with van der Waals surface area (Å²) in [6.07, 6.45) is 0. The quantitative estimate of drug-likeness (QED) is 0.764.